The van der Waals surface area contributed by atoms with Gasteiger partial charge in [-0.2, -0.15) is 0 Å². The molecule has 1 amide bonds. The Morgan fingerprint density at radius 1 is 1.19 bits per heavy atom. The summed E-state index contributed by atoms with van der Waals surface area (Å²) in [5.41, 5.74) is 6.79. The number of aromatic nitrogens is 4. The van der Waals surface area contributed by atoms with Crippen LogP contribution in [0, 0.1) is 0 Å². The van der Waals surface area contributed by atoms with E-state index in [1.165, 1.54) is 13.1 Å². The van der Waals surface area contributed by atoms with E-state index in [1.807, 2.05) is 13.0 Å². The van der Waals surface area contributed by atoms with Gasteiger partial charge in [-0.05, 0) is 24.6 Å². The molecule has 0 saturated heterocycles. The average Bonchev–Trinajstić information content (AvgIpc) is 2.66. The molecule has 0 aromatic carbocycles. The fraction of sp³-hybridized carbons (Fsp3) is 0.222. The third-order valence-corrected chi connectivity index (χ3v) is 3.95. The minimum Gasteiger partial charge on any atom is -0.368 e. The molecule has 3 aromatic heterocycles. The Hall–Kier alpha value is -3.62. The van der Waals surface area contributed by atoms with E-state index in [0.29, 0.717) is 23.6 Å². The maximum atomic E-state index is 12.0. The molecule has 1 atom stereocenters. The van der Waals surface area contributed by atoms with Crippen molar-refractivity contribution in [1.29, 1.82) is 0 Å². The molecule has 0 spiro atoms. The van der Waals surface area contributed by atoms with Gasteiger partial charge in [0.2, 0.25) is 5.91 Å². The van der Waals surface area contributed by atoms with Gasteiger partial charge < -0.3 is 16.4 Å². The Labute approximate surface area is 155 Å². The molecule has 3 rings (SSSR count). The first-order valence-corrected chi connectivity index (χ1v) is 8.40. The molecule has 1 unspecified atom stereocenters. The highest BCUT2D eigenvalue weighted by Gasteiger charge is 2.17. The van der Waals surface area contributed by atoms with Crippen LogP contribution in [0.15, 0.2) is 36.8 Å². The summed E-state index contributed by atoms with van der Waals surface area (Å²) in [6, 6.07) is 4.83. The summed E-state index contributed by atoms with van der Waals surface area (Å²) >= 11 is 0. The Morgan fingerprint density at radius 3 is 2.67 bits per heavy atom. The zero-order valence-corrected chi connectivity index (χ0v) is 14.9. The van der Waals surface area contributed by atoms with E-state index in [0.717, 1.165) is 5.39 Å². The highest BCUT2D eigenvalue weighted by atomic mass is 16.1. The molecular formula is C18H19N7O2. The number of nitrogens with two attached hydrogens (primary N) is 1. The van der Waals surface area contributed by atoms with Crippen LogP contribution in [0.4, 0.5) is 17.3 Å². The number of hydrogen-bond acceptors (Lipinski definition) is 8. The molecule has 0 aliphatic heterocycles. The topological polar surface area (TPSA) is 136 Å². The zero-order chi connectivity index (χ0) is 19.4. The summed E-state index contributed by atoms with van der Waals surface area (Å²) in [5.74, 6) is -0.126. The molecule has 0 radical (unpaired) electrons. The van der Waals surface area contributed by atoms with Gasteiger partial charge in [-0.15, -0.1) is 0 Å². The van der Waals surface area contributed by atoms with E-state index in [9.17, 15) is 9.59 Å². The summed E-state index contributed by atoms with van der Waals surface area (Å²) < 4.78 is 0. The molecule has 0 aliphatic rings. The maximum Gasteiger partial charge on any atom is 0.239 e. The van der Waals surface area contributed by atoms with Crippen molar-refractivity contribution in [2.24, 2.45) is 5.73 Å². The molecule has 27 heavy (non-hydrogen) atoms. The summed E-state index contributed by atoms with van der Waals surface area (Å²) in [6.45, 7) is 3.24. The van der Waals surface area contributed by atoms with Crippen LogP contribution in [0.25, 0.3) is 11.0 Å². The fourth-order valence-corrected chi connectivity index (χ4v) is 2.58. The van der Waals surface area contributed by atoms with Gasteiger partial charge in [0, 0.05) is 24.7 Å². The molecule has 3 aromatic rings. The number of Topliss-reactive ketones (excluding diaryl/α,β-unsaturated/α-hetero) is 1. The molecule has 0 fully saturated rings. The van der Waals surface area contributed by atoms with E-state index in [2.05, 4.69) is 30.6 Å². The highest BCUT2D eigenvalue weighted by molar-refractivity contribution is 5.99. The Bertz CT molecular complexity index is 1000. The van der Waals surface area contributed by atoms with Crippen LogP contribution in [0.1, 0.15) is 30.8 Å². The molecule has 0 bridgehead atoms. The third-order valence-electron chi connectivity index (χ3n) is 3.95. The number of nitrogens with one attached hydrogen (secondary N) is 2. The fourth-order valence-electron chi connectivity index (χ4n) is 2.58. The number of fused-ring (bicyclic) bond motifs is 1. The summed E-state index contributed by atoms with van der Waals surface area (Å²) in [6.07, 6.45) is 5.16. The maximum absolute atomic E-state index is 12.0. The Kier molecular flexibility index (Phi) is 5.20. The normalized spacial score (nSPS) is 11.8. The summed E-state index contributed by atoms with van der Waals surface area (Å²) in [7, 11) is 0. The van der Waals surface area contributed by atoms with Crippen LogP contribution >= 0.6 is 0 Å². The molecule has 138 valence electrons. The lowest BCUT2D eigenvalue weighted by atomic mass is 10.2. The van der Waals surface area contributed by atoms with Crippen LogP contribution in [0.5, 0.6) is 0 Å². The van der Waals surface area contributed by atoms with Crippen molar-refractivity contribution < 1.29 is 9.59 Å². The number of anilines is 3. The van der Waals surface area contributed by atoms with Crippen LogP contribution in [0.3, 0.4) is 0 Å². The van der Waals surface area contributed by atoms with Crippen molar-refractivity contribution >= 4 is 40.0 Å². The van der Waals surface area contributed by atoms with E-state index in [1.54, 1.807) is 24.5 Å². The molecular weight excluding hydrogens is 346 g/mol. The number of pyridine rings is 2. The monoisotopic (exact) mass is 365 g/mol. The number of amides is 1. The molecule has 4 N–H and O–H groups in total. The number of carbonyl (C=O) groups excluding carboxylic acids is 2. The van der Waals surface area contributed by atoms with Gasteiger partial charge in [0.05, 0.1) is 11.9 Å². The Balaban J connectivity index is 2.00. The lowest BCUT2D eigenvalue weighted by Crippen LogP contribution is -2.35. The first-order chi connectivity index (χ1) is 13.0. The van der Waals surface area contributed by atoms with E-state index >= 15 is 0 Å². The average molecular weight is 365 g/mol. The molecule has 0 saturated carbocycles. The Morgan fingerprint density at radius 2 is 1.96 bits per heavy atom. The number of hydrogen-bond donors (Lipinski definition) is 3. The predicted molar refractivity (Wildman–Crippen MR) is 102 cm³/mol. The molecule has 9 heteroatoms. The van der Waals surface area contributed by atoms with Gasteiger partial charge in [0.1, 0.15) is 17.6 Å². The standard InChI is InChI=1S/C18H19N7O2/c1-3-12(16(19)27)23-14-9-22-15(10(2)26)18(25-14)24-13-6-8-21-17-11(13)5-4-7-20-17/h4-9,12H,3H2,1-2H3,(H2,19,27)(H2,20,21,23,24,25). The van der Waals surface area contributed by atoms with Crippen molar-refractivity contribution in [2.75, 3.05) is 10.6 Å². The zero-order valence-electron chi connectivity index (χ0n) is 14.9. The lowest BCUT2D eigenvalue weighted by molar-refractivity contribution is -0.118. The quantitative estimate of drug-likeness (QED) is 0.541. The van der Waals surface area contributed by atoms with E-state index < -0.39 is 11.9 Å². The summed E-state index contributed by atoms with van der Waals surface area (Å²) in [4.78, 5) is 40.4. The van der Waals surface area contributed by atoms with Gasteiger partial charge in [-0.3, -0.25) is 9.59 Å². The van der Waals surface area contributed by atoms with Gasteiger partial charge in [-0.25, -0.2) is 19.9 Å². The largest absolute Gasteiger partial charge is 0.368 e. The van der Waals surface area contributed by atoms with Gasteiger partial charge >= 0.3 is 0 Å². The molecule has 3 heterocycles. The number of carbonyl (C=O) groups is 2. The number of primary amides is 1. The number of nitrogens with zero attached hydrogens (tertiary/aromatic N) is 4. The molecule has 9 nitrogen and oxygen atoms in total. The van der Waals surface area contributed by atoms with Crippen molar-refractivity contribution in [3.8, 4) is 0 Å². The van der Waals surface area contributed by atoms with Gasteiger partial charge in [0.15, 0.2) is 17.2 Å². The van der Waals surface area contributed by atoms with Crippen LogP contribution in [-0.4, -0.2) is 37.7 Å². The lowest BCUT2D eigenvalue weighted by Gasteiger charge is -2.16. The van der Waals surface area contributed by atoms with Crippen LogP contribution < -0.4 is 16.4 Å². The first-order valence-electron chi connectivity index (χ1n) is 8.40. The van der Waals surface area contributed by atoms with Crippen LogP contribution in [-0.2, 0) is 4.79 Å². The van der Waals surface area contributed by atoms with E-state index in [4.69, 9.17) is 5.73 Å². The minimum atomic E-state index is -0.582. The number of ketones is 1. The third kappa shape index (κ3) is 3.97. The van der Waals surface area contributed by atoms with Crippen molar-refractivity contribution in [2.45, 2.75) is 26.3 Å². The smallest absolute Gasteiger partial charge is 0.239 e. The van der Waals surface area contributed by atoms with Crippen molar-refractivity contribution in [1.82, 2.24) is 19.9 Å². The van der Waals surface area contributed by atoms with Gasteiger partial charge in [0.25, 0.3) is 0 Å². The van der Waals surface area contributed by atoms with E-state index in [-0.39, 0.29) is 17.3 Å². The first kappa shape index (κ1) is 18.2. The number of rotatable bonds is 7. The van der Waals surface area contributed by atoms with Crippen LogP contribution in [0.2, 0.25) is 0 Å². The molecule has 0 aliphatic carbocycles. The predicted octanol–water partition coefficient (Wildman–Crippen LogP) is 2.04. The SMILES string of the molecule is CCC(Nc1cnc(C(C)=O)c(Nc2ccnc3ncccc23)n1)C(N)=O. The summed E-state index contributed by atoms with van der Waals surface area (Å²) in [5, 5.41) is 6.84. The second-order valence-corrected chi connectivity index (χ2v) is 5.87. The van der Waals surface area contributed by atoms with Gasteiger partial charge in [-0.1, -0.05) is 6.92 Å². The minimum absolute atomic E-state index is 0.182. The second-order valence-electron chi connectivity index (χ2n) is 5.87. The highest BCUT2D eigenvalue weighted by Crippen LogP contribution is 2.25. The van der Waals surface area contributed by atoms with Crippen molar-refractivity contribution in [3.05, 3.63) is 42.5 Å². The van der Waals surface area contributed by atoms with Crippen molar-refractivity contribution in [3.63, 3.8) is 0 Å². The second kappa shape index (κ2) is 7.73.